The molecule has 200 valence electrons. The van der Waals surface area contributed by atoms with E-state index < -0.39 is 0 Å². The highest BCUT2D eigenvalue weighted by Gasteiger charge is 2.33. The second kappa shape index (κ2) is 11.2. The van der Waals surface area contributed by atoms with Gasteiger partial charge in [-0.05, 0) is 57.4 Å². The number of aryl methyl sites for hydroxylation is 1. The summed E-state index contributed by atoms with van der Waals surface area (Å²) in [5, 5.41) is 0. The summed E-state index contributed by atoms with van der Waals surface area (Å²) in [6, 6.07) is 0.394. The number of imidazole rings is 2. The Hall–Kier alpha value is -4.01. The van der Waals surface area contributed by atoms with Crippen molar-refractivity contribution in [2.24, 2.45) is 12.5 Å². The highest BCUT2D eigenvalue weighted by atomic mass is 16.2. The van der Waals surface area contributed by atoms with Crippen molar-refractivity contribution in [1.82, 2.24) is 28.8 Å². The Morgan fingerprint density at radius 1 is 1.21 bits per heavy atom. The van der Waals surface area contributed by atoms with E-state index in [4.69, 9.17) is 0 Å². The Kier molecular flexibility index (Phi) is 7.94. The summed E-state index contributed by atoms with van der Waals surface area (Å²) in [5.41, 5.74) is 8.24. The van der Waals surface area contributed by atoms with Crippen LogP contribution < -0.4 is 11.0 Å². The topological polar surface area (TPSA) is 99.6 Å². The van der Waals surface area contributed by atoms with E-state index in [-0.39, 0.29) is 22.4 Å². The molecule has 3 aromatic rings. The third-order valence-corrected chi connectivity index (χ3v) is 7.44. The van der Waals surface area contributed by atoms with Crippen molar-refractivity contribution < 1.29 is 4.79 Å². The normalized spacial score (nSPS) is 18.5. The number of aromatic nitrogens is 6. The summed E-state index contributed by atoms with van der Waals surface area (Å²) >= 11 is 0. The van der Waals surface area contributed by atoms with Gasteiger partial charge in [-0.25, -0.2) is 19.6 Å². The molecule has 0 aliphatic heterocycles. The van der Waals surface area contributed by atoms with Crippen LogP contribution in [0.15, 0.2) is 82.8 Å². The van der Waals surface area contributed by atoms with Gasteiger partial charge >= 0.3 is 0 Å². The summed E-state index contributed by atoms with van der Waals surface area (Å²) in [5.74, 6) is -0.330. The summed E-state index contributed by atoms with van der Waals surface area (Å²) in [6.45, 7) is 11.0. The van der Waals surface area contributed by atoms with Crippen molar-refractivity contribution in [3.05, 3.63) is 88.3 Å². The van der Waals surface area contributed by atoms with E-state index >= 15 is 0 Å². The Morgan fingerprint density at radius 3 is 2.74 bits per heavy atom. The minimum Gasteiger partial charge on any atom is -0.330 e. The first kappa shape index (κ1) is 27.0. The monoisotopic (exact) mass is 515 g/mol. The quantitative estimate of drug-likeness (QED) is 0.258. The van der Waals surface area contributed by atoms with Crippen LogP contribution in [-0.4, -0.2) is 34.7 Å². The van der Waals surface area contributed by atoms with Gasteiger partial charge in [0.2, 0.25) is 0 Å². The van der Waals surface area contributed by atoms with Crippen molar-refractivity contribution in [1.29, 1.82) is 0 Å². The van der Waals surface area contributed by atoms with Gasteiger partial charge in [0.25, 0.3) is 11.5 Å². The van der Waals surface area contributed by atoms with Crippen LogP contribution in [0, 0.1) is 5.41 Å². The van der Waals surface area contributed by atoms with E-state index in [1.807, 2.05) is 31.6 Å². The smallest absolute Gasteiger partial charge is 0.281 e. The fraction of sp³-hybridized carbons (Fsp3) is 0.414. The average molecular weight is 516 g/mol. The molecule has 1 amide bonds. The van der Waals surface area contributed by atoms with Crippen LogP contribution >= 0.6 is 0 Å². The lowest BCUT2D eigenvalue weighted by Gasteiger charge is -2.39. The van der Waals surface area contributed by atoms with E-state index in [1.54, 1.807) is 12.6 Å². The largest absolute Gasteiger partial charge is 0.330 e. The molecule has 0 radical (unpaired) electrons. The van der Waals surface area contributed by atoms with Crippen LogP contribution in [0.1, 0.15) is 66.3 Å². The van der Waals surface area contributed by atoms with Crippen molar-refractivity contribution in [3.8, 4) is 0 Å². The van der Waals surface area contributed by atoms with E-state index in [9.17, 15) is 9.59 Å². The molecule has 0 aromatic carbocycles. The maximum absolute atomic E-state index is 12.5. The van der Waals surface area contributed by atoms with Crippen LogP contribution in [0.25, 0.3) is 11.2 Å². The van der Waals surface area contributed by atoms with Gasteiger partial charge in [0.1, 0.15) is 6.33 Å². The van der Waals surface area contributed by atoms with Crippen LogP contribution in [0.4, 0.5) is 0 Å². The molecule has 9 nitrogen and oxygen atoms in total. The van der Waals surface area contributed by atoms with Gasteiger partial charge in [0.15, 0.2) is 11.2 Å². The summed E-state index contributed by atoms with van der Waals surface area (Å²) in [6.07, 6.45) is 20.4. The van der Waals surface area contributed by atoms with E-state index in [0.717, 1.165) is 24.8 Å². The van der Waals surface area contributed by atoms with Crippen LogP contribution in [0.3, 0.4) is 0 Å². The lowest BCUT2D eigenvalue weighted by Crippen LogP contribution is -2.26. The number of carbonyl (C=O) groups excluding carboxylic acids is 1. The van der Waals surface area contributed by atoms with Gasteiger partial charge in [-0.15, -0.1) is 0 Å². The molecule has 1 atom stereocenters. The molecule has 9 heteroatoms. The number of hydrogen-bond acceptors (Lipinski definition) is 5. The van der Waals surface area contributed by atoms with E-state index in [0.29, 0.717) is 11.7 Å². The zero-order chi connectivity index (χ0) is 27.4. The first-order chi connectivity index (χ1) is 18.1. The van der Waals surface area contributed by atoms with Crippen molar-refractivity contribution >= 4 is 17.1 Å². The molecule has 38 heavy (non-hydrogen) atoms. The fourth-order valence-electron chi connectivity index (χ4n) is 5.20. The molecule has 1 N–H and O–H groups in total. The summed E-state index contributed by atoms with van der Waals surface area (Å²) in [4.78, 5) is 37.1. The Balaban J connectivity index is 1.37. The lowest BCUT2D eigenvalue weighted by molar-refractivity contribution is -0.112. The standard InChI is InChI=1S/C29H37N7O2/c1-20(10-11-23-22(3)24(12-13-29(23,4)5)35-15-14-30-17-35)8-7-9-21(2)16-25(37)33-36-19-31-26-27(36)32-18-34(6)28(26)38/h7-9,14-19,24H,10-13H2,1-6H3,(H,33,37). The molecule has 3 aromatic heterocycles. The molecule has 0 saturated heterocycles. The SMILES string of the molecule is CC(C=CC=C(C)CCC1=C(C)C(n2ccnc2)CCC1(C)C)=CC(=O)Nn1cnc2c(=O)n(C)cnc21. The zero-order valence-electron chi connectivity index (χ0n) is 23.1. The van der Waals surface area contributed by atoms with Crippen molar-refractivity contribution in [2.75, 3.05) is 5.43 Å². The van der Waals surface area contributed by atoms with Crippen LogP contribution in [0.5, 0.6) is 0 Å². The van der Waals surface area contributed by atoms with Gasteiger partial charge in [0.05, 0.1) is 18.7 Å². The molecular formula is C29H37N7O2. The highest BCUT2D eigenvalue weighted by molar-refractivity contribution is 5.95. The van der Waals surface area contributed by atoms with Crippen molar-refractivity contribution in [3.63, 3.8) is 0 Å². The molecular weight excluding hydrogens is 478 g/mol. The lowest BCUT2D eigenvalue weighted by atomic mass is 9.69. The van der Waals surface area contributed by atoms with Gasteiger partial charge in [-0.3, -0.25) is 15.0 Å². The highest BCUT2D eigenvalue weighted by Crippen LogP contribution is 2.46. The molecule has 4 rings (SSSR count). The molecule has 1 aliphatic rings. The first-order valence-corrected chi connectivity index (χ1v) is 13.0. The number of amides is 1. The van der Waals surface area contributed by atoms with Gasteiger partial charge < -0.3 is 9.13 Å². The van der Waals surface area contributed by atoms with Crippen LogP contribution in [0.2, 0.25) is 0 Å². The van der Waals surface area contributed by atoms with Gasteiger partial charge in [0, 0.05) is 25.5 Å². The molecule has 0 bridgehead atoms. The third kappa shape index (κ3) is 5.93. The second-order valence-electron chi connectivity index (χ2n) is 10.8. The van der Waals surface area contributed by atoms with E-state index in [2.05, 4.69) is 64.9 Å². The van der Waals surface area contributed by atoms with Gasteiger partial charge in [-0.1, -0.05) is 48.8 Å². The fourth-order valence-corrected chi connectivity index (χ4v) is 5.20. The molecule has 0 fully saturated rings. The Labute approximate surface area is 223 Å². The molecule has 0 saturated carbocycles. The minimum absolute atomic E-state index is 0.201. The maximum Gasteiger partial charge on any atom is 0.281 e. The summed E-state index contributed by atoms with van der Waals surface area (Å²) < 4.78 is 4.93. The number of carbonyl (C=O) groups is 1. The zero-order valence-corrected chi connectivity index (χ0v) is 23.1. The number of hydrogen-bond donors (Lipinski definition) is 1. The van der Waals surface area contributed by atoms with Gasteiger partial charge in [-0.2, -0.15) is 0 Å². The van der Waals surface area contributed by atoms with Crippen LogP contribution in [-0.2, 0) is 11.8 Å². The number of nitrogens with one attached hydrogen (secondary N) is 1. The second-order valence-corrected chi connectivity index (χ2v) is 10.8. The average Bonchev–Trinajstić information content (AvgIpc) is 3.52. The predicted molar refractivity (Wildman–Crippen MR) is 150 cm³/mol. The Bertz CT molecular complexity index is 1500. The Morgan fingerprint density at radius 2 is 2.00 bits per heavy atom. The van der Waals surface area contributed by atoms with E-state index in [1.165, 1.54) is 45.5 Å². The minimum atomic E-state index is -0.330. The molecule has 0 spiro atoms. The number of fused-ring (bicyclic) bond motifs is 1. The van der Waals surface area contributed by atoms with Crippen molar-refractivity contribution in [2.45, 2.75) is 66.3 Å². The first-order valence-electron chi connectivity index (χ1n) is 13.0. The third-order valence-electron chi connectivity index (χ3n) is 7.44. The molecule has 3 heterocycles. The molecule has 1 aliphatic carbocycles. The maximum atomic E-state index is 12.5. The predicted octanol–water partition coefficient (Wildman–Crippen LogP) is 5.00. The summed E-state index contributed by atoms with van der Waals surface area (Å²) in [7, 11) is 1.61. The molecule has 1 unspecified atom stereocenters. The number of nitrogens with zero attached hydrogens (tertiary/aromatic N) is 6. The number of rotatable bonds is 8. The number of allylic oxidation sites excluding steroid dienone is 7.